The van der Waals surface area contributed by atoms with Gasteiger partial charge in [-0.2, -0.15) is 5.10 Å². The second-order valence-electron chi connectivity index (χ2n) is 7.22. The highest BCUT2D eigenvalue weighted by atomic mass is 16.5. The molecule has 0 spiro atoms. The molecular weight excluding hydrogens is 364 g/mol. The summed E-state index contributed by atoms with van der Waals surface area (Å²) in [6, 6.07) is 17.9. The van der Waals surface area contributed by atoms with Gasteiger partial charge >= 0.3 is 0 Å². The van der Waals surface area contributed by atoms with Crippen molar-refractivity contribution < 1.29 is 9.53 Å². The molecule has 1 fully saturated rings. The van der Waals surface area contributed by atoms with E-state index in [0.29, 0.717) is 12.4 Å². The largest absolute Gasteiger partial charge is 0.487 e. The Hall–Kier alpha value is -3.67. The van der Waals surface area contributed by atoms with Gasteiger partial charge in [-0.3, -0.25) is 9.78 Å². The minimum atomic E-state index is 0.0550. The van der Waals surface area contributed by atoms with E-state index in [0.717, 1.165) is 40.8 Å². The van der Waals surface area contributed by atoms with E-state index in [-0.39, 0.29) is 11.8 Å². The number of ether oxygens (including phenoxy) is 1. The molecule has 0 atom stereocenters. The summed E-state index contributed by atoms with van der Waals surface area (Å²) in [4.78, 5) is 16.2. The van der Waals surface area contributed by atoms with Gasteiger partial charge in [-0.05, 0) is 42.2 Å². The van der Waals surface area contributed by atoms with E-state index >= 15 is 0 Å². The third-order valence-electron chi connectivity index (χ3n) is 5.00. The Morgan fingerprint density at radius 1 is 1.14 bits per heavy atom. The Morgan fingerprint density at radius 3 is 2.83 bits per heavy atom. The molecule has 1 aliphatic carbocycles. The number of carbonyl (C=O) groups is 1. The van der Waals surface area contributed by atoms with Gasteiger partial charge in [0.25, 0.3) is 0 Å². The first-order chi connectivity index (χ1) is 14.3. The Kier molecular flexibility index (Phi) is 4.44. The van der Waals surface area contributed by atoms with Crippen LogP contribution in [0.3, 0.4) is 0 Å². The van der Waals surface area contributed by atoms with Crippen molar-refractivity contribution in [1.29, 1.82) is 0 Å². The van der Waals surface area contributed by atoms with Crippen molar-refractivity contribution in [1.82, 2.24) is 14.6 Å². The van der Waals surface area contributed by atoms with Crippen molar-refractivity contribution in [2.45, 2.75) is 19.4 Å². The summed E-state index contributed by atoms with van der Waals surface area (Å²) in [5.41, 5.74) is 3.97. The molecule has 1 aliphatic rings. The lowest BCUT2D eigenvalue weighted by Gasteiger charge is -2.11. The maximum Gasteiger partial charge on any atom is 0.228 e. The van der Waals surface area contributed by atoms with Gasteiger partial charge in [-0.25, -0.2) is 4.52 Å². The number of hydrogen-bond acceptors (Lipinski definition) is 4. The molecule has 1 saturated carbocycles. The Labute approximate surface area is 168 Å². The van der Waals surface area contributed by atoms with Crippen molar-refractivity contribution in [2.24, 2.45) is 5.92 Å². The predicted octanol–water partition coefficient (Wildman–Crippen LogP) is 4.32. The van der Waals surface area contributed by atoms with Crippen LogP contribution in [0.15, 0.2) is 73.2 Å². The zero-order valence-corrected chi connectivity index (χ0v) is 15.8. The van der Waals surface area contributed by atoms with Gasteiger partial charge in [-0.15, -0.1) is 0 Å². The van der Waals surface area contributed by atoms with Gasteiger partial charge in [0.2, 0.25) is 5.91 Å². The molecule has 6 nitrogen and oxygen atoms in total. The monoisotopic (exact) mass is 384 g/mol. The molecule has 4 aromatic rings. The summed E-state index contributed by atoms with van der Waals surface area (Å²) in [6.45, 7) is 0.478. The maximum absolute atomic E-state index is 12.0. The van der Waals surface area contributed by atoms with Gasteiger partial charge in [-0.1, -0.05) is 30.3 Å². The van der Waals surface area contributed by atoms with Gasteiger partial charge in [0.05, 0.1) is 11.7 Å². The first-order valence-corrected chi connectivity index (χ1v) is 9.68. The van der Waals surface area contributed by atoms with Crippen LogP contribution >= 0.6 is 0 Å². The average Bonchev–Trinajstić information content (AvgIpc) is 3.53. The molecule has 5 rings (SSSR count). The Balaban J connectivity index is 1.40. The molecule has 144 valence electrons. The minimum Gasteiger partial charge on any atom is -0.487 e. The molecule has 29 heavy (non-hydrogen) atoms. The van der Waals surface area contributed by atoms with Gasteiger partial charge in [0, 0.05) is 29.9 Å². The summed E-state index contributed by atoms with van der Waals surface area (Å²) < 4.78 is 7.80. The molecule has 0 bridgehead atoms. The molecule has 0 aliphatic heterocycles. The average molecular weight is 384 g/mol. The first kappa shape index (κ1) is 17.4. The smallest absolute Gasteiger partial charge is 0.228 e. The molecule has 0 radical (unpaired) electrons. The highest BCUT2D eigenvalue weighted by molar-refractivity contribution is 5.93. The normalized spacial score (nSPS) is 13.4. The van der Waals surface area contributed by atoms with Crippen molar-refractivity contribution in [3.05, 3.63) is 78.8 Å². The lowest BCUT2D eigenvalue weighted by Crippen LogP contribution is -2.13. The fourth-order valence-electron chi connectivity index (χ4n) is 3.27. The van der Waals surface area contributed by atoms with Gasteiger partial charge in [0.15, 0.2) is 5.82 Å². The van der Waals surface area contributed by atoms with Crippen molar-refractivity contribution in [3.63, 3.8) is 0 Å². The molecule has 0 saturated heterocycles. The summed E-state index contributed by atoms with van der Waals surface area (Å²) in [6.07, 6.45) is 7.32. The number of pyridine rings is 2. The number of carbonyl (C=O) groups excluding carboxylic acids is 1. The van der Waals surface area contributed by atoms with Gasteiger partial charge in [0.1, 0.15) is 12.4 Å². The zero-order valence-electron chi connectivity index (χ0n) is 15.8. The van der Waals surface area contributed by atoms with E-state index in [1.54, 1.807) is 16.9 Å². The van der Waals surface area contributed by atoms with Crippen LogP contribution in [0.25, 0.3) is 16.6 Å². The lowest BCUT2D eigenvalue weighted by atomic mass is 10.1. The van der Waals surface area contributed by atoms with Crippen LogP contribution in [0.4, 0.5) is 5.82 Å². The Bertz CT molecular complexity index is 1170. The zero-order chi connectivity index (χ0) is 19.6. The number of rotatable bonds is 6. The van der Waals surface area contributed by atoms with E-state index in [9.17, 15) is 4.79 Å². The molecule has 0 unspecified atom stereocenters. The molecule has 1 aromatic carbocycles. The van der Waals surface area contributed by atoms with E-state index in [1.165, 1.54) is 0 Å². The molecule has 1 N–H and O–H groups in total. The van der Waals surface area contributed by atoms with Crippen LogP contribution in [-0.4, -0.2) is 20.5 Å². The van der Waals surface area contributed by atoms with Crippen LogP contribution in [0.1, 0.15) is 18.4 Å². The SMILES string of the molecule is O=C(Nc1cc2cc(-c3ccncc3OCc3ccccc3)ccn2n1)C1CC1. The highest BCUT2D eigenvalue weighted by Gasteiger charge is 2.30. The van der Waals surface area contributed by atoms with Crippen molar-refractivity contribution in [3.8, 4) is 16.9 Å². The molecule has 3 heterocycles. The summed E-state index contributed by atoms with van der Waals surface area (Å²) >= 11 is 0. The second-order valence-corrected chi connectivity index (χ2v) is 7.22. The number of nitrogens with zero attached hydrogens (tertiary/aromatic N) is 3. The quantitative estimate of drug-likeness (QED) is 0.537. The van der Waals surface area contributed by atoms with Crippen LogP contribution < -0.4 is 10.1 Å². The highest BCUT2D eigenvalue weighted by Crippen LogP contribution is 2.32. The lowest BCUT2D eigenvalue weighted by molar-refractivity contribution is -0.117. The number of nitrogens with one attached hydrogen (secondary N) is 1. The third-order valence-corrected chi connectivity index (χ3v) is 5.00. The van der Waals surface area contributed by atoms with E-state index in [1.807, 2.05) is 60.8 Å². The van der Waals surface area contributed by atoms with Crippen LogP contribution in [-0.2, 0) is 11.4 Å². The van der Waals surface area contributed by atoms with E-state index in [4.69, 9.17) is 4.74 Å². The standard InChI is InChI=1S/C23H20N4O2/c28-23(17-6-7-17)25-22-13-19-12-18(9-11-27(19)26-22)20-8-10-24-14-21(20)29-15-16-4-2-1-3-5-16/h1-5,8-14,17H,6-7,15H2,(H,25,26,28). The maximum atomic E-state index is 12.0. The first-order valence-electron chi connectivity index (χ1n) is 9.68. The van der Waals surface area contributed by atoms with Crippen LogP contribution in [0.2, 0.25) is 0 Å². The number of hydrogen-bond donors (Lipinski definition) is 1. The topological polar surface area (TPSA) is 68.5 Å². The predicted molar refractivity (Wildman–Crippen MR) is 111 cm³/mol. The van der Waals surface area contributed by atoms with Gasteiger partial charge < -0.3 is 10.1 Å². The second kappa shape index (κ2) is 7.39. The summed E-state index contributed by atoms with van der Waals surface area (Å²) in [5.74, 6) is 1.51. The van der Waals surface area contributed by atoms with E-state index < -0.39 is 0 Å². The number of benzene rings is 1. The number of anilines is 1. The van der Waals surface area contributed by atoms with Crippen molar-refractivity contribution >= 4 is 17.2 Å². The number of fused-ring (bicyclic) bond motifs is 1. The fourth-order valence-corrected chi connectivity index (χ4v) is 3.27. The molecule has 3 aromatic heterocycles. The number of amides is 1. The minimum absolute atomic E-state index is 0.0550. The van der Waals surface area contributed by atoms with Crippen LogP contribution in [0, 0.1) is 5.92 Å². The van der Waals surface area contributed by atoms with E-state index in [2.05, 4.69) is 15.4 Å². The summed E-state index contributed by atoms with van der Waals surface area (Å²) in [7, 11) is 0. The Morgan fingerprint density at radius 2 is 2.00 bits per heavy atom. The van der Waals surface area contributed by atoms with Crippen molar-refractivity contribution in [2.75, 3.05) is 5.32 Å². The fraction of sp³-hybridized carbons (Fsp3) is 0.174. The third kappa shape index (κ3) is 3.82. The summed E-state index contributed by atoms with van der Waals surface area (Å²) in [5, 5.41) is 7.33. The molecule has 1 amide bonds. The van der Waals surface area contributed by atoms with Crippen LogP contribution in [0.5, 0.6) is 5.75 Å². The number of aromatic nitrogens is 3. The molecule has 6 heteroatoms. The molecular formula is C23H20N4O2.